The zero-order valence-corrected chi connectivity index (χ0v) is 11.4. The van der Waals surface area contributed by atoms with Gasteiger partial charge in [-0.15, -0.1) is 0 Å². The minimum absolute atomic E-state index is 0.0743. The minimum atomic E-state index is -1.64. The van der Waals surface area contributed by atoms with Crippen molar-refractivity contribution >= 4 is 28.7 Å². The Labute approximate surface area is 119 Å². The van der Waals surface area contributed by atoms with Crippen molar-refractivity contribution in [1.82, 2.24) is 0 Å². The number of benzene rings is 1. The maximum atomic E-state index is 12.3. The summed E-state index contributed by atoms with van der Waals surface area (Å²) in [6.45, 7) is 2.84. The third-order valence-corrected chi connectivity index (χ3v) is 3.09. The van der Waals surface area contributed by atoms with Gasteiger partial charge in [-0.1, -0.05) is 18.2 Å². The third-order valence-electron chi connectivity index (χ3n) is 3.09. The maximum Gasteiger partial charge on any atom is 0.331 e. The Morgan fingerprint density at radius 3 is 2.33 bits per heavy atom. The number of furan rings is 1. The summed E-state index contributed by atoms with van der Waals surface area (Å²) in [7, 11) is 0. The molecule has 0 spiro atoms. The van der Waals surface area contributed by atoms with Gasteiger partial charge in [-0.25, -0.2) is 0 Å². The summed E-state index contributed by atoms with van der Waals surface area (Å²) >= 11 is 0. The van der Waals surface area contributed by atoms with Crippen LogP contribution in [0.3, 0.4) is 0 Å². The molecule has 0 unspecified atom stereocenters. The zero-order chi connectivity index (χ0) is 15.2. The van der Waals surface area contributed by atoms with Gasteiger partial charge in [-0.3, -0.25) is 14.4 Å². The second-order valence-electron chi connectivity index (χ2n) is 5.19. The lowest BCUT2D eigenvalue weighted by molar-refractivity contribution is -0.236. The molecule has 0 saturated carbocycles. The summed E-state index contributed by atoms with van der Waals surface area (Å²) in [6, 6.07) is 8.48. The summed E-state index contributed by atoms with van der Waals surface area (Å²) < 4.78 is 15.2. The molecular formula is C15H12O6. The molecule has 0 atom stereocenters. The van der Waals surface area contributed by atoms with E-state index in [9.17, 15) is 14.4 Å². The molecule has 3 rings (SSSR count). The highest BCUT2D eigenvalue weighted by Gasteiger charge is 2.48. The van der Waals surface area contributed by atoms with E-state index in [-0.39, 0.29) is 5.76 Å². The lowest BCUT2D eigenvalue weighted by atomic mass is 10.0. The number of hydrogen-bond donors (Lipinski definition) is 0. The smallest absolute Gasteiger partial charge is 0.331 e. The van der Waals surface area contributed by atoms with Gasteiger partial charge in [0.2, 0.25) is 11.7 Å². The molecule has 1 saturated heterocycles. The lowest BCUT2D eigenvalue weighted by Crippen LogP contribution is -2.49. The number of carbonyl (C=O) groups is 3. The van der Waals surface area contributed by atoms with Crippen LogP contribution in [0, 0.1) is 5.92 Å². The number of hydrogen-bond acceptors (Lipinski definition) is 6. The molecule has 1 fully saturated rings. The van der Waals surface area contributed by atoms with E-state index < -0.39 is 29.4 Å². The van der Waals surface area contributed by atoms with E-state index in [1.54, 1.807) is 24.3 Å². The van der Waals surface area contributed by atoms with Gasteiger partial charge in [0, 0.05) is 19.2 Å². The van der Waals surface area contributed by atoms with E-state index in [0.717, 1.165) is 0 Å². The van der Waals surface area contributed by atoms with Gasteiger partial charge in [-0.2, -0.15) is 0 Å². The molecule has 2 heterocycles. The topological polar surface area (TPSA) is 82.8 Å². The van der Waals surface area contributed by atoms with E-state index in [0.29, 0.717) is 11.0 Å². The second kappa shape index (κ2) is 4.44. The van der Waals surface area contributed by atoms with Gasteiger partial charge < -0.3 is 13.9 Å². The van der Waals surface area contributed by atoms with E-state index in [4.69, 9.17) is 13.9 Å². The van der Waals surface area contributed by atoms with Crippen LogP contribution < -0.4 is 0 Å². The highest BCUT2D eigenvalue weighted by molar-refractivity contribution is 6.21. The number of fused-ring (bicyclic) bond motifs is 1. The third kappa shape index (κ3) is 2.29. The van der Waals surface area contributed by atoms with Gasteiger partial charge in [0.05, 0.1) is 0 Å². The molecule has 1 aromatic heterocycles. The number of ether oxygens (including phenoxy) is 2. The van der Waals surface area contributed by atoms with Crippen molar-refractivity contribution in [1.29, 1.82) is 0 Å². The molecule has 0 bridgehead atoms. The number of rotatable bonds is 2. The summed E-state index contributed by atoms with van der Waals surface area (Å²) in [5.74, 6) is -5.70. The fraction of sp³-hybridized carbons (Fsp3) is 0.267. The molecule has 1 aromatic carbocycles. The van der Waals surface area contributed by atoms with Crippen molar-refractivity contribution in [3.63, 3.8) is 0 Å². The summed E-state index contributed by atoms with van der Waals surface area (Å²) in [5, 5.41) is 0.707. The predicted octanol–water partition coefficient (Wildman–Crippen LogP) is 2.07. The first-order valence-electron chi connectivity index (χ1n) is 6.36. The van der Waals surface area contributed by atoms with Crippen LogP contribution in [0.15, 0.2) is 34.7 Å². The highest BCUT2D eigenvalue weighted by atomic mass is 16.7. The highest BCUT2D eigenvalue weighted by Crippen LogP contribution is 2.27. The number of Topliss-reactive ketones (excluding diaryl/α,β-unsaturated/α-hetero) is 1. The number of ketones is 1. The van der Waals surface area contributed by atoms with Gasteiger partial charge in [0.15, 0.2) is 5.76 Å². The standard InChI is InChI=1S/C15H12O6/c1-15(2)20-13(17)11(14(18)21-15)12(16)10-7-8-5-3-4-6-9(8)19-10/h3-7,11H,1-2H3. The first kappa shape index (κ1) is 13.4. The van der Waals surface area contributed by atoms with Gasteiger partial charge >= 0.3 is 11.9 Å². The number of para-hydroxylation sites is 1. The SMILES string of the molecule is CC1(C)OC(=O)C(C(=O)c2cc3ccccc3o2)C(=O)O1. The average molecular weight is 288 g/mol. The van der Waals surface area contributed by atoms with Crippen molar-refractivity contribution in [3.05, 3.63) is 36.1 Å². The Hall–Kier alpha value is -2.63. The van der Waals surface area contributed by atoms with Crippen LogP contribution in [0.25, 0.3) is 11.0 Å². The fourth-order valence-corrected chi connectivity index (χ4v) is 2.18. The van der Waals surface area contributed by atoms with Crippen LogP contribution >= 0.6 is 0 Å². The van der Waals surface area contributed by atoms with Gasteiger partial charge in [0.1, 0.15) is 5.58 Å². The molecule has 0 N–H and O–H groups in total. The first-order chi connectivity index (χ1) is 9.87. The summed E-state index contributed by atoms with van der Waals surface area (Å²) in [5.41, 5.74) is 0.499. The van der Waals surface area contributed by atoms with Crippen molar-refractivity contribution in [2.75, 3.05) is 0 Å². The molecule has 6 nitrogen and oxygen atoms in total. The molecule has 0 amide bonds. The lowest BCUT2D eigenvalue weighted by Gasteiger charge is -2.31. The molecule has 0 radical (unpaired) electrons. The number of cyclic esters (lactones) is 2. The van der Waals surface area contributed by atoms with Crippen LogP contribution in [0.1, 0.15) is 24.4 Å². The van der Waals surface area contributed by atoms with Crippen LogP contribution in [-0.4, -0.2) is 23.5 Å². The molecule has 6 heteroatoms. The Morgan fingerprint density at radius 2 is 1.71 bits per heavy atom. The Kier molecular flexibility index (Phi) is 2.83. The first-order valence-corrected chi connectivity index (χ1v) is 6.36. The number of esters is 2. The minimum Gasteiger partial charge on any atom is -0.453 e. The van der Waals surface area contributed by atoms with E-state index in [1.165, 1.54) is 19.9 Å². The summed E-state index contributed by atoms with van der Waals surface area (Å²) in [6.07, 6.45) is 0. The van der Waals surface area contributed by atoms with Crippen molar-refractivity contribution in [2.24, 2.45) is 5.92 Å². The fourth-order valence-electron chi connectivity index (χ4n) is 2.18. The van der Waals surface area contributed by atoms with Crippen LogP contribution in [0.4, 0.5) is 0 Å². The van der Waals surface area contributed by atoms with Crippen molar-refractivity contribution < 1.29 is 28.3 Å². The van der Waals surface area contributed by atoms with Crippen molar-refractivity contribution in [2.45, 2.75) is 19.6 Å². The number of carbonyl (C=O) groups excluding carboxylic acids is 3. The van der Waals surface area contributed by atoms with E-state index in [1.807, 2.05) is 0 Å². The second-order valence-corrected chi connectivity index (χ2v) is 5.19. The Bertz CT molecular complexity index is 701. The zero-order valence-electron chi connectivity index (χ0n) is 11.4. The maximum absolute atomic E-state index is 12.3. The molecular weight excluding hydrogens is 276 g/mol. The van der Waals surface area contributed by atoms with Gasteiger partial charge in [-0.05, 0) is 12.1 Å². The molecule has 108 valence electrons. The Morgan fingerprint density at radius 1 is 1.10 bits per heavy atom. The quantitative estimate of drug-likeness (QED) is 0.478. The average Bonchev–Trinajstić information content (AvgIpc) is 2.79. The van der Waals surface area contributed by atoms with Crippen LogP contribution in [0.5, 0.6) is 0 Å². The summed E-state index contributed by atoms with van der Waals surface area (Å²) in [4.78, 5) is 36.0. The predicted molar refractivity (Wildman–Crippen MR) is 70.3 cm³/mol. The monoisotopic (exact) mass is 288 g/mol. The Balaban J connectivity index is 1.94. The van der Waals surface area contributed by atoms with Crippen LogP contribution in [-0.2, 0) is 19.1 Å². The molecule has 1 aliphatic heterocycles. The molecule has 1 aliphatic rings. The van der Waals surface area contributed by atoms with Crippen molar-refractivity contribution in [3.8, 4) is 0 Å². The molecule has 0 aliphatic carbocycles. The van der Waals surface area contributed by atoms with Crippen LogP contribution in [0.2, 0.25) is 0 Å². The normalized spacial score (nSPS) is 18.4. The molecule has 21 heavy (non-hydrogen) atoms. The molecule has 2 aromatic rings. The van der Waals surface area contributed by atoms with E-state index >= 15 is 0 Å². The van der Waals surface area contributed by atoms with E-state index in [2.05, 4.69) is 0 Å². The largest absolute Gasteiger partial charge is 0.453 e. The van der Waals surface area contributed by atoms with Gasteiger partial charge in [0.25, 0.3) is 5.79 Å².